The first-order valence-corrected chi connectivity index (χ1v) is 9.06. The molecule has 0 aromatic heterocycles. The number of hydrogen-bond acceptors (Lipinski definition) is 3. The third-order valence-electron chi connectivity index (χ3n) is 4.10. The summed E-state index contributed by atoms with van der Waals surface area (Å²) in [6, 6.07) is 0. The summed E-state index contributed by atoms with van der Waals surface area (Å²) in [5.41, 5.74) is 0. The van der Waals surface area contributed by atoms with Crippen LogP contribution < -0.4 is 0 Å². The lowest BCUT2D eigenvalue weighted by molar-refractivity contribution is -0.148. The topological polar surface area (TPSA) is 35.5 Å². The van der Waals surface area contributed by atoms with Gasteiger partial charge in [0.1, 0.15) is 12.2 Å². The van der Waals surface area contributed by atoms with Gasteiger partial charge in [0, 0.05) is 0 Å². The lowest BCUT2D eigenvalue weighted by Crippen LogP contribution is -2.22. The van der Waals surface area contributed by atoms with Gasteiger partial charge < -0.3 is 14.3 Å². The number of carbonyl (C=O) groups excluding carboxylic acids is 1. The highest BCUT2D eigenvalue weighted by Gasteiger charge is 2.39. The van der Waals surface area contributed by atoms with E-state index in [4.69, 9.17) is 9.47 Å². The molecule has 128 valence electrons. The number of unbranched alkanes of at least 4 members (excludes halogenated alkanes) is 9. The fourth-order valence-corrected chi connectivity index (χ4v) is 2.87. The Bertz CT molecular complexity index is 323. The first-order chi connectivity index (χ1) is 10.6. The minimum Gasteiger partial charge on any atom is -0.340 e. The van der Waals surface area contributed by atoms with E-state index in [-0.39, 0.29) is 6.10 Å². The van der Waals surface area contributed by atoms with Crippen molar-refractivity contribution < 1.29 is 14.3 Å². The Morgan fingerprint density at radius 1 is 0.864 bits per heavy atom. The van der Waals surface area contributed by atoms with Crippen LogP contribution >= 0.6 is 0 Å². The molecule has 1 saturated heterocycles. The molecular formula is C19H34O3. The van der Waals surface area contributed by atoms with Gasteiger partial charge in [-0.25, -0.2) is 0 Å². The molecule has 0 N–H and O–H groups in total. The van der Waals surface area contributed by atoms with Crippen LogP contribution in [0.25, 0.3) is 0 Å². The molecule has 1 rings (SSSR count). The second-order valence-electron chi connectivity index (χ2n) is 6.75. The summed E-state index contributed by atoms with van der Waals surface area (Å²) in [6.07, 6.45) is 17.4. The average molecular weight is 310 g/mol. The fraction of sp³-hybridized carbons (Fsp3) is 0.842. The van der Waals surface area contributed by atoms with Crippen LogP contribution in [0.15, 0.2) is 12.2 Å². The third kappa shape index (κ3) is 8.09. The van der Waals surface area contributed by atoms with Crippen molar-refractivity contribution in [2.24, 2.45) is 0 Å². The van der Waals surface area contributed by atoms with Crippen molar-refractivity contribution in [3.05, 3.63) is 12.2 Å². The van der Waals surface area contributed by atoms with Crippen molar-refractivity contribution in [1.29, 1.82) is 0 Å². The van der Waals surface area contributed by atoms with E-state index in [0.717, 1.165) is 12.7 Å². The van der Waals surface area contributed by atoms with Crippen LogP contribution in [-0.2, 0) is 14.3 Å². The molecule has 0 aromatic carbocycles. The predicted octanol–water partition coefficient (Wildman–Crippen LogP) is 5.18. The molecule has 1 heterocycles. The van der Waals surface area contributed by atoms with Crippen molar-refractivity contribution in [3.63, 3.8) is 0 Å². The van der Waals surface area contributed by atoms with Crippen molar-refractivity contribution >= 4 is 6.29 Å². The maximum absolute atomic E-state index is 11.0. The Labute approximate surface area is 136 Å². The summed E-state index contributed by atoms with van der Waals surface area (Å²) in [4.78, 5) is 11.0. The molecule has 22 heavy (non-hydrogen) atoms. The molecule has 1 fully saturated rings. The molecule has 3 nitrogen and oxygen atoms in total. The van der Waals surface area contributed by atoms with Crippen molar-refractivity contribution in [3.8, 4) is 0 Å². The molecule has 3 heteroatoms. The second-order valence-corrected chi connectivity index (χ2v) is 6.75. The third-order valence-corrected chi connectivity index (χ3v) is 4.10. The Kier molecular flexibility index (Phi) is 9.65. The number of aldehydes is 1. The maximum atomic E-state index is 11.0. The zero-order chi connectivity index (χ0) is 16.3. The maximum Gasteiger partial charge on any atom is 0.164 e. The quantitative estimate of drug-likeness (QED) is 0.283. The zero-order valence-corrected chi connectivity index (χ0v) is 14.7. The molecule has 0 bridgehead atoms. The highest BCUT2D eigenvalue weighted by molar-refractivity contribution is 5.58. The van der Waals surface area contributed by atoms with Gasteiger partial charge in [-0.1, -0.05) is 70.4 Å². The minimum atomic E-state index is -0.654. The standard InChI is InChI=1S/C19H34O3/c1-4-5-6-7-8-9-10-11-12-13-14-15-17-18(16-20)22-19(2,3)21-17/h14-18H,4-13H2,1-3H3/b15-14-/t17-,18-/m1/s1. The number of allylic oxidation sites excluding steroid dienone is 1. The van der Waals surface area contributed by atoms with Gasteiger partial charge in [0.15, 0.2) is 12.1 Å². The van der Waals surface area contributed by atoms with E-state index in [2.05, 4.69) is 13.0 Å². The highest BCUT2D eigenvalue weighted by atomic mass is 16.8. The number of rotatable bonds is 12. The molecule has 0 spiro atoms. The smallest absolute Gasteiger partial charge is 0.164 e. The first-order valence-electron chi connectivity index (χ1n) is 9.06. The van der Waals surface area contributed by atoms with Gasteiger partial charge >= 0.3 is 0 Å². The van der Waals surface area contributed by atoms with E-state index >= 15 is 0 Å². The fourth-order valence-electron chi connectivity index (χ4n) is 2.87. The molecule has 0 unspecified atom stereocenters. The summed E-state index contributed by atoms with van der Waals surface area (Å²) in [5.74, 6) is -0.654. The van der Waals surface area contributed by atoms with Crippen LogP contribution in [0, 0.1) is 0 Å². The van der Waals surface area contributed by atoms with Gasteiger partial charge in [0.25, 0.3) is 0 Å². The molecular weight excluding hydrogens is 276 g/mol. The van der Waals surface area contributed by atoms with Crippen molar-refractivity contribution in [2.75, 3.05) is 0 Å². The minimum absolute atomic E-state index is 0.230. The first kappa shape index (κ1) is 19.4. The Morgan fingerprint density at radius 2 is 1.41 bits per heavy atom. The van der Waals surface area contributed by atoms with Crippen LogP contribution in [0.5, 0.6) is 0 Å². The van der Waals surface area contributed by atoms with E-state index in [9.17, 15) is 4.79 Å². The van der Waals surface area contributed by atoms with Gasteiger partial charge in [-0.2, -0.15) is 0 Å². The van der Waals surface area contributed by atoms with E-state index in [1.165, 1.54) is 57.8 Å². The number of carbonyl (C=O) groups is 1. The van der Waals surface area contributed by atoms with Crippen molar-refractivity contribution in [1.82, 2.24) is 0 Å². The molecule has 0 amide bonds. The average Bonchev–Trinajstić information content (AvgIpc) is 2.79. The molecule has 1 aliphatic heterocycles. The molecule has 0 radical (unpaired) electrons. The predicted molar refractivity (Wildman–Crippen MR) is 90.9 cm³/mol. The summed E-state index contributed by atoms with van der Waals surface area (Å²) < 4.78 is 11.2. The summed E-state index contributed by atoms with van der Waals surface area (Å²) in [7, 11) is 0. The molecule has 0 aromatic rings. The second kappa shape index (κ2) is 11.0. The van der Waals surface area contributed by atoms with Crippen molar-refractivity contribution in [2.45, 2.75) is 103 Å². The van der Waals surface area contributed by atoms with E-state index in [0.29, 0.717) is 0 Å². The lowest BCUT2D eigenvalue weighted by atomic mass is 10.1. The van der Waals surface area contributed by atoms with E-state index < -0.39 is 11.9 Å². The summed E-state index contributed by atoms with van der Waals surface area (Å²) >= 11 is 0. The summed E-state index contributed by atoms with van der Waals surface area (Å²) in [5, 5.41) is 0. The Hall–Kier alpha value is -0.670. The zero-order valence-electron chi connectivity index (χ0n) is 14.7. The van der Waals surface area contributed by atoms with Crippen LogP contribution in [0.1, 0.15) is 85.0 Å². The SMILES string of the molecule is CCCCCCCCCCC/C=C\[C@H]1OC(C)(C)O[C@@H]1C=O. The molecule has 0 aliphatic carbocycles. The molecule has 2 atom stereocenters. The van der Waals surface area contributed by atoms with Crippen LogP contribution in [-0.4, -0.2) is 24.3 Å². The van der Waals surface area contributed by atoms with Gasteiger partial charge in [0.2, 0.25) is 0 Å². The van der Waals surface area contributed by atoms with Gasteiger partial charge in [-0.05, 0) is 26.7 Å². The van der Waals surface area contributed by atoms with E-state index in [1.54, 1.807) is 0 Å². The van der Waals surface area contributed by atoms with Gasteiger partial charge in [-0.3, -0.25) is 0 Å². The van der Waals surface area contributed by atoms with Crippen LogP contribution in [0.3, 0.4) is 0 Å². The van der Waals surface area contributed by atoms with Gasteiger partial charge in [0.05, 0.1) is 0 Å². The highest BCUT2D eigenvalue weighted by Crippen LogP contribution is 2.27. The normalized spacial score (nSPS) is 24.1. The summed E-state index contributed by atoms with van der Waals surface area (Å²) in [6.45, 7) is 5.95. The van der Waals surface area contributed by atoms with Gasteiger partial charge in [-0.15, -0.1) is 0 Å². The molecule has 0 saturated carbocycles. The Morgan fingerprint density at radius 3 is 2.00 bits per heavy atom. The largest absolute Gasteiger partial charge is 0.340 e. The van der Waals surface area contributed by atoms with Crippen LogP contribution in [0.2, 0.25) is 0 Å². The Balaban J connectivity index is 2.01. The van der Waals surface area contributed by atoms with E-state index in [1.807, 2.05) is 19.9 Å². The monoisotopic (exact) mass is 310 g/mol. The molecule has 1 aliphatic rings. The van der Waals surface area contributed by atoms with Crippen LogP contribution in [0.4, 0.5) is 0 Å². The number of ether oxygens (including phenoxy) is 2. The lowest BCUT2D eigenvalue weighted by Gasteiger charge is -2.15. The number of hydrogen-bond donors (Lipinski definition) is 0.